The van der Waals surface area contributed by atoms with Crippen molar-refractivity contribution in [2.45, 2.75) is 6.92 Å². The third-order valence-corrected chi connectivity index (χ3v) is 2.75. The largest absolute Gasteiger partial charge is 0.326 e. The van der Waals surface area contributed by atoms with Crippen LogP contribution in [0.5, 0.6) is 0 Å². The summed E-state index contributed by atoms with van der Waals surface area (Å²) in [6, 6.07) is 5.84. The van der Waals surface area contributed by atoms with Crippen LogP contribution in [-0.4, -0.2) is 9.55 Å². The minimum Gasteiger partial charge on any atom is -0.307 e. The molecule has 4 heteroatoms. The maximum atomic E-state index is 11.4. The van der Waals surface area contributed by atoms with Gasteiger partial charge >= 0.3 is 5.69 Å². The van der Waals surface area contributed by atoms with Crippen LogP contribution in [-0.2, 0) is 7.05 Å². The third-order valence-electron chi connectivity index (χ3n) is 2.26. The van der Waals surface area contributed by atoms with Crippen molar-refractivity contribution in [2.24, 2.45) is 7.05 Å². The lowest BCUT2D eigenvalue weighted by atomic mass is 10.2. The summed E-state index contributed by atoms with van der Waals surface area (Å²) in [6.45, 7) is 1.98. The molecule has 0 atom stereocenters. The van der Waals surface area contributed by atoms with Gasteiger partial charge in [0.05, 0.1) is 5.52 Å². The van der Waals surface area contributed by atoms with E-state index in [0.717, 1.165) is 16.5 Å². The van der Waals surface area contributed by atoms with Gasteiger partial charge in [-0.2, -0.15) is 0 Å². The zero-order valence-electron chi connectivity index (χ0n) is 8.00. The lowest BCUT2D eigenvalue weighted by molar-refractivity contribution is 0.814. The van der Waals surface area contributed by atoms with Gasteiger partial charge in [-0.05, 0) is 24.6 Å². The van der Waals surface area contributed by atoms with Crippen molar-refractivity contribution < 1.29 is 0 Å². The van der Waals surface area contributed by atoms with E-state index in [1.165, 1.54) is 4.57 Å². The van der Waals surface area contributed by atoms with Crippen molar-refractivity contribution in [3.05, 3.63) is 38.9 Å². The molecule has 0 saturated carbocycles. The third kappa shape index (κ3) is 1.28. The molecule has 1 aromatic heterocycles. The summed E-state index contributed by atoms with van der Waals surface area (Å²) in [5, 5.41) is 0.910. The molecule has 0 spiro atoms. The molecule has 3 nitrogen and oxygen atoms in total. The zero-order valence-corrected chi connectivity index (χ0v) is 8.81. The smallest absolute Gasteiger partial charge is 0.307 e. The number of hydrogen-bond acceptors (Lipinski definition) is 2. The van der Waals surface area contributed by atoms with E-state index in [1.54, 1.807) is 7.05 Å². The molecule has 0 unspecified atom stereocenters. The topological polar surface area (TPSA) is 37.8 Å². The number of aromatic nitrogens is 2. The predicted octanol–water partition coefficient (Wildman–Crippen LogP) is 1.90. The van der Waals surface area contributed by atoms with Crippen LogP contribution in [0, 0.1) is 11.6 Å². The molecule has 14 heavy (non-hydrogen) atoms. The Morgan fingerprint density at radius 2 is 2.14 bits per heavy atom. The van der Waals surface area contributed by atoms with Crippen molar-refractivity contribution in [3.8, 4) is 0 Å². The second-order valence-corrected chi connectivity index (χ2v) is 3.73. The second kappa shape index (κ2) is 3.06. The normalized spacial score (nSPS) is 10.7. The first kappa shape index (κ1) is 9.15. The average Bonchev–Trinajstić information content (AvgIpc) is 2.14. The number of rotatable bonds is 0. The molecule has 72 valence electrons. The highest BCUT2D eigenvalue weighted by Gasteiger charge is 2.00. The number of H-pyrrole nitrogens is 1. The van der Waals surface area contributed by atoms with E-state index in [0.29, 0.717) is 4.64 Å². The Morgan fingerprint density at radius 1 is 1.43 bits per heavy atom. The SMILES string of the molecule is Cc1ccc2c(=S)n(C)c(=O)[nH]c2c1. The van der Waals surface area contributed by atoms with Crippen LogP contribution >= 0.6 is 12.2 Å². The first-order chi connectivity index (χ1) is 6.59. The molecule has 0 aliphatic rings. The molecule has 0 bridgehead atoms. The van der Waals surface area contributed by atoms with Crippen molar-refractivity contribution in [3.63, 3.8) is 0 Å². The number of benzene rings is 1. The molecule has 0 radical (unpaired) electrons. The molecule has 0 saturated heterocycles. The fourth-order valence-corrected chi connectivity index (χ4v) is 1.68. The summed E-state index contributed by atoms with van der Waals surface area (Å²) in [7, 11) is 1.67. The number of fused-ring (bicyclic) bond motifs is 1. The second-order valence-electron chi connectivity index (χ2n) is 3.34. The van der Waals surface area contributed by atoms with E-state index in [2.05, 4.69) is 4.98 Å². The first-order valence-electron chi connectivity index (χ1n) is 4.29. The molecule has 0 aliphatic carbocycles. The van der Waals surface area contributed by atoms with E-state index < -0.39 is 0 Å². The molecule has 0 fully saturated rings. The number of nitrogens with one attached hydrogen (secondary N) is 1. The van der Waals surface area contributed by atoms with Crippen LogP contribution in [0.3, 0.4) is 0 Å². The van der Waals surface area contributed by atoms with Crippen molar-refractivity contribution >= 4 is 23.1 Å². The summed E-state index contributed by atoms with van der Waals surface area (Å²) in [6.07, 6.45) is 0. The van der Waals surface area contributed by atoms with Crippen molar-refractivity contribution in [1.82, 2.24) is 9.55 Å². The molecule has 2 rings (SSSR count). The maximum Gasteiger partial charge on any atom is 0.326 e. The standard InChI is InChI=1S/C10H10N2OS/c1-6-3-4-7-8(5-6)11-10(13)12(2)9(7)14/h3-5H,1-2H3,(H,11,13). The minimum absolute atomic E-state index is 0.173. The van der Waals surface area contributed by atoms with Crippen LogP contribution in [0.1, 0.15) is 5.56 Å². The monoisotopic (exact) mass is 206 g/mol. The average molecular weight is 206 g/mol. The lowest BCUT2D eigenvalue weighted by Crippen LogP contribution is -2.20. The van der Waals surface area contributed by atoms with Gasteiger partial charge in [-0.3, -0.25) is 4.57 Å². The first-order valence-corrected chi connectivity index (χ1v) is 4.70. The van der Waals surface area contributed by atoms with E-state index in [1.807, 2.05) is 25.1 Å². The van der Waals surface area contributed by atoms with Crippen LogP contribution in [0.2, 0.25) is 0 Å². The molecule has 1 aromatic carbocycles. The molecular formula is C10H10N2OS. The van der Waals surface area contributed by atoms with E-state index in [-0.39, 0.29) is 5.69 Å². The molecule has 0 aliphatic heterocycles. The van der Waals surface area contributed by atoms with Gasteiger partial charge in [0.2, 0.25) is 0 Å². The Bertz CT molecular complexity index is 610. The highest BCUT2D eigenvalue weighted by atomic mass is 32.1. The molecule has 1 N–H and O–H groups in total. The van der Waals surface area contributed by atoms with Crippen LogP contribution in [0.25, 0.3) is 10.9 Å². The van der Waals surface area contributed by atoms with Gasteiger partial charge < -0.3 is 4.98 Å². The highest BCUT2D eigenvalue weighted by molar-refractivity contribution is 7.71. The van der Waals surface area contributed by atoms with E-state index in [4.69, 9.17) is 12.2 Å². The van der Waals surface area contributed by atoms with Crippen LogP contribution in [0.4, 0.5) is 0 Å². The fraction of sp³-hybridized carbons (Fsp3) is 0.200. The highest BCUT2D eigenvalue weighted by Crippen LogP contribution is 2.12. The Balaban J connectivity index is 3.06. The molecule has 2 aromatic rings. The van der Waals surface area contributed by atoms with Gasteiger partial charge in [-0.15, -0.1) is 0 Å². The Morgan fingerprint density at radius 3 is 2.86 bits per heavy atom. The number of aromatic amines is 1. The quantitative estimate of drug-likeness (QED) is 0.668. The van der Waals surface area contributed by atoms with Crippen LogP contribution < -0.4 is 5.69 Å². The summed E-state index contributed by atoms with van der Waals surface area (Å²) >= 11 is 5.17. The summed E-state index contributed by atoms with van der Waals surface area (Å²) < 4.78 is 2.01. The van der Waals surface area contributed by atoms with Crippen LogP contribution in [0.15, 0.2) is 23.0 Å². The van der Waals surface area contributed by atoms with Gasteiger partial charge in [0.15, 0.2) is 0 Å². The minimum atomic E-state index is -0.173. The van der Waals surface area contributed by atoms with Gasteiger partial charge in [0.25, 0.3) is 0 Å². The summed E-state index contributed by atoms with van der Waals surface area (Å²) in [5.41, 5.74) is 1.74. The number of hydrogen-bond donors (Lipinski definition) is 1. The Hall–Kier alpha value is -1.42. The van der Waals surface area contributed by atoms with E-state index in [9.17, 15) is 4.79 Å². The fourth-order valence-electron chi connectivity index (χ4n) is 1.42. The number of aryl methyl sites for hydroxylation is 1. The molecule has 1 heterocycles. The van der Waals surface area contributed by atoms with E-state index >= 15 is 0 Å². The van der Waals surface area contributed by atoms with Crippen molar-refractivity contribution in [2.75, 3.05) is 0 Å². The molecule has 0 amide bonds. The maximum absolute atomic E-state index is 11.4. The molecular weight excluding hydrogens is 196 g/mol. The predicted molar refractivity (Wildman–Crippen MR) is 59.1 cm³/mol. The van der Waals surface area contributed by atoms with Gasteiger partial charge in [0, 0.05) is 12.4 Å². The lowest BCUT2D eigenvalue weighted by Gasteiger charge is -2.02. The summed E-state index contributed by atoms with van der Waals surface area (Å²) in [5.74, 6) is 0. The van der Waals surface area contributed by atoms with Gasteiger partial charge in [-0.1, -0.05) is 18.3 Å². The summed E-state index contributed by atoms with van der Waals surface area (Å²) in [4.78, 5) is 14.2. The van der Waals surface area contributed by atoms with Gasteiger partial charge in [0.1, 0.15) is 4.64 Å². The number of nitrogens with zero attached hydrogens (tertiary/aromatic N) is 1. The van der Waals surface area contributed by atoms with Crippen molar-refractivity contribution in [1.29, 1.82) is 0 Å². The zero-order chi connectivity index (χ0) is 10.3. The Kier molecular flexibility index (Phi) is 2.00. The Labute approximate surface area is 86.0 Å². The van der Waals surface area contributed by atoms with Gasteiger partial charge in [-0.25, -0.2) is 4.79 Å².